The molecule has 2 N–H and O–H groups in total. The first-order valence-corrected chi connectivity index (χ1v) is 11.3. The monoisotopic (exact) mass is 465 g/mol. The van der Waals surface area contributed by atoms with Gasteiger partial charge in [0.05, 0.1) is 6.54 Å². The molecule has 0 saturated heterocycles. The number of hydrogen-bond donors (Lipinski definition) is 2. The number of sulfonamides is 1. The van der Waals surface area contributed by atoms with Gasteiger partial charge in [-0.25, -0.2) is 13.2 Å². The van der Waals surface area contributed by atoms with Crippen LogP contribution in [0.5, 0.6) is 5.75 Å². The first-order valence-electron chi connectivity index (χ1n) is 9.00. The molecule has 1 heterocycles. The maximum absolute atomic E-state index is 12.5. The van der Waals surface area contributed by atoms with Gasteiger partial charge < -0.3 is 15.4 Å². The molecule has 0 spiro atoms. The van der Waals surface area contributed by atoms with Gasteiger partial charge in [0.25, 0.3) is 10.0 Å². The Bertz CT molecular complexity index is 940. The van der Waals surface area contributed by atoms with Crippen molar-refractivity contribution in [3.8, 4) is 5.75 Å². The number of hydrogen-bond acceptors (Lipinski definition) is 5. The van der Waals surface area contributed by atoms with Crippen LogP contribution in [0.1, 0.15) is 24.3 Å². The molecule has 0 fully saturated rings. The van der Waals surface area contributed by atoms with Crippen LogP contribution in [0.4, 0.5) is 18.0 Å². The van der Waals surface area contributed by atoms with Crippen LogP contribution in [0.2, 0.25) is 0 Å². The van der Waals surface area contributed by atoms with Gasteiger partial charge in [0, 0.05) is 24.5 Å². The summed E-state index contributed by atoms with van der Waals surface area (Å²) in [6.07, 6.45) is -4.76. The van der Waals surface area contributed by atoms with Crippen LogP contribution in [0.25, 0.3) is 0 Å². The van der Waals surface area contributed by atoms with Gasteiger partial charge >= 0.3 is 12.4 Å². The Balaban J connectivity index is 1.84. The molecule has 1 aromatic heterocycles. The molecular weight excluding hydrogens is 443 g/mol. The summed E-state index contributed by atoms with van der Waals surface area (Å²) >= 11 is 1.08. The number of ether oxygens (including phenoxy) is 1. The van der Waals surface area contributed by atoms with Gasteiger partial charge in [-0.05, 0) is 29.8 Å². The number of halogens is 3. The minimum absolute atomic E-state index is 0.101. The number of carbonyl (C=O) groups excluding carboxylic acids is 1. The van der Waals surface area contributed by atoms with E-state index in [0.29, 0.717) is 23.5 Å². The molecule has 0 aliphatic heterocycles. The zero-order chi connectivity index (χ0) is 22.4. The number of benzene rings is 1. The molecule has 0 aliphatic carbocycles. The van der Waals surface area contributed by atoms with E-state index in [4.69, 9.17) is 0 Å². The van der Waals surface area contributed by atoms with Crippen molar-refractivity contribution >= 4 is 27.4 Å². The van der Waals surface area contributed by atoms with Crippen molar-refractivity contribution in [1.82, 2.24) is 14.9 Å². The van der Waals surface area contributed by atoms with Gasteiger partial charge in [-0.2, -0.15) is 4.31 Å². The Morgan fingerprint density at radius 1 is 1.03 bits per heavy atom. The Labute approximate surface area is 176 Å². The molecule has 0 unspecified atom stereocenters. The van der Waals surface area contributed by atoms with Gasteiger partial charge in [0.1, 0.15) is 9.96 Å². The van der Waals surface area contributed by atoms with E-state index >= 15 is 0 Å². The molecule has 166 valence electrons. The highest BCUT2D eigenvalue weighted by Gasteiger charge is 2.31. The molecule has 30 heavy (non-hydrogen) atoms. The molecule has 1 aromatic carbocycles. The third kappa shape index (κ3) is 6.89. The largest absolute Gasteiger partial charge is 0.573 e. The van der Waals surface area contributed by atoms with E-state index in [1.165, 1.54) is 22.5 Å². The zero-order valence-electron chi connectivity index (χ0n) is 16.3. The fourth-order valence-corrected chi connectivity index (χ4v) is 5.41. The number of nitrogens with one attached hydrogen (secondary N) is 2. The fraction of sp³-hybridized carbons (Fsp3) is 0.389. The van der Waals surface area contributed by atoms with E-state index in [-0.39, 0.29) is 23.0 Å². The number of carbonyl (C=O) groups is 1. The van der Waals surface area contributed by atoms with Crippen LogP contribution in [0, 0.1) is 0 Å². The van der Waals surface area contributed by atoms with E-state index in [1.807, 2.05) is 0 Å². The van der Waals surface area contributed by atoms with E-state index in [1.54, 1.807) is 19.9 Å². The molecule has 0 radical (unpaired) electrons. The number of nitrogens with zero attached hydrogens (tertiary/aromatic N) is 1. The maximum Gasteiger partial charge on any atom is 0.573 e. The lowest BCUT2D eigenvalue weighted by Crippen LogP contribution is -2.34. The highest BCUT2D eigenvalue weighted by atomic mass is 32.2. The van der Waals surface area contributed by atoms with Gasteiger partial charge in [-0.3, -0.25) is 0 Å². The Hall–Kier alpha value is -2.31. The molecule has 2 rings (SSSR count). The summed E-state index contributed by atoms with van der Waals surface area (Å²) in [6.45, 7) is 4.51. The number of thiophene rings is 1. The summed E-state index contributed by atoms with van der Waals surface area (Å²) in [5.41, 5.74) is 0.586. The first kappa shape index (κ1) is 24.0. The smallest absolute Gasteiger partial charge is 0.406 e. The van der Waals surface area contributed by atoms with Crippen LogP contribution in [-0.2, 0) is 23.1 Å². The van der Waals surface area contributed by atoms with Crippen LogP contribution >= 0.6 is 11.3 Å². The lowest BCUT2D eigenvalue weighted by Gasteiger charge is -2.16. The predicted octanol–water partition coefficient (Wildman–Crippen LogP) is 3.68. The Kier molecular flexibility index (Phi) is 8.10. The van der Waals surface area contributed by atoms with Crippen molar-refractivity contribution in [2.24, 2.45) is 0 Å². The highest BCUT2D eigenvalue weighted by Crippen LogP contribution is 2.25. The molecule has 0 bridgehead atoms. The Morgan fingerprint density at radius 2 is 1.63 bits per heavy atom. The van der Waals surface area contributed by atoms with Crippen LogP contribution in [-0.4, -0.2) is 38.2 Å². The van der Waals surface area contributed by atoms with Gasteiger partial charge in [-0.1, -0.05) is 26.0 Å². The van der Waals surface area contributed by atoms with Crippen molar-refractivity contribution in [2.45, 2.75) is 37.5 Å². The number of urea groups is 1. The number of alkyl halides is 3. The van der Waals surface area contributed by atoms with Gasteiger partial charge in [-0.15, -0.1) is 24.5 Å². The van der Waals surface area contributed by atoms with Crippen LogP contribution < -0.4 is 15.4 Å². The van der Waals surface area contributed by atoms with Crippen molar-refractivity contribution in [3.05, 3.63) is 46.8 Å². The molecule has 12 heteroatoms. The SMILES string of the molecule is CCN(CC)S(=O)(=O)c1ccc(CNC(=O)NCc2ccc(OC(F)(F)F)cc2)s1. The molecule has 2 amide bonds. The van der Waals surface area contributed by atoms with E-state index in [2.05, 4.69) is 15.4 Å². The second kappa shape index (κ2) is 10.1. The molecular formula is C18H22F3N3O4S2. The van der Waals surface area contributed by atoms with Crippen LogP contribution in [0.15, 0.2) is 40.6 Å². The quantitative estimate of drug-likeness (QED) is 0.592. The third-order valence-electron chi connectivity index (χ3n) is 3.97. The standard InChI is InChI=1S/C18H22F3N3O4S2/c1-3-24(4-2)30(26,27)16-10-9-15(29-16)12-23-17(25)22-11-13-5-7-14(8-6-13)28-18(19,20)21/h5-10H,3-4,11-12H2,1-2H3,(H2,22,23,25). The van der Waals surface area contributed by atoms with Crippen molar-refractivity contribution < 1.29 is 31.1 Å². The summed E-state index contributed by atoms with van der Waals surface area (Å²) in [5.74, 6) is -0.344. The maximum atomic E-state index is 12.5. The number of rotatable bonds is 9. The minimum atomic E-state index is -4.76. The summed E-state index contributed by atoms with van der Waals surface area (Å²) in [6, 6.07) is 7.79. The summed E-state index contributed by atoms with van der Waals surface area (Å²) in [4.78, 5) is 12.6. The lowest BCUT2D eigenvalue weighted by atomic mass is 10.2. The van der Waals surface area contributed by atoms with E-state index in [0.717, 1.165) is 23.5 Å². The van der Waals surface area contributed by atoms with E-state index < -0.39 is 22.4 Å². The molecule has 0 atom stereocenters. The highest BCUT2D eigenvalue weighted by molar-refractivity contribution is 7.91. The Morgan fingerprint density at radius 3 is 2.20 bits per heavy atom. The van der Waals surface area contributed by atoms with Crippen molar-refractivity contribution in [1.29, 1.82) is 0 Å². The zero-order valence-corrected chi connectivity index (χ0v) is 18.0. The summed E-state index contributed by atoms with van der Waals surface area (Å²) < 4.78 is 66.7. The van der Waals surface area contributed by atoms with Crippen LogP contribution in [0.3, 0.4) is 0 Å². The first-order chi connectivity index (χ1) is 14.0. The normalized spacial score (nSPS) is 12.1. The van der Waals surface area contributed by atoms with E-state index in [9.17, 15) is 26.4 Å². The fourth-order valence-electron chi connectivity index (χ4n) is 2.50. The van der Waals surface area contributed by atoms with Gasteiger partial charge in [0.15, 0.2) is 0 Å². The predicted molar refractivity (Wildman–Crippen MR) is 107 cm³/mol. The minimum Gasteiger partial charge on any atom is -0.406 e. The van der Waals surface area contributed by atoms with Crippen molar-refractivity contribution in [2.75, 3.05) is 13.1 Å². The van der Waals surface area contributed by atoms with Crippen molar-refractivity contribution in [3.63, 3.8) is 0 Å². The summed E-state index contributed by atoms with van der Waals surface area (Å²) in [5, 5.41) is 5.19. The average molecular weight is 466 g/mol. The second-order valence-electron chi connectivity index (χ2n) is 6.04. The molecule has 7 nitrogen and oxygen atoms in total. The lowest BCUT2D eigenvalue weighted by molar-refractivity contribution is -0.274. The summed E-state index contributed by atoms with van der Waals surface area (Å²) in [7, 11) is -3.54. The molecule has 2 aromatic rings. The van der Waals surface area contributed by atoms with Gasteiger partial charge in [0.2, 0.25) is 0 Å². The third-order valence-corrected chi connectivity index (χ3v) is 7.57. The molecule has 0 aliphatic rings. The topological polar surface area (TPSA) is 87.7 Å². The average Bonchev–Trinajstić information content (AvgIpc) is 3.15. The number of amides is 2. The second-order valence-corrected chi connectivity index (χ2v) is 9.37. The molecule has 0 saturated carbocycles.